The number of nitrogens with zero attached hydrogens (tertiary/aromatic N) is 2. The monoisotopic (exact) mass is 348 g/mol. The summed E-state index contributed by atoms with van der Waals surface area (Å²) in [6.07, 6.45) is 5.53. The molecule has 0 N–H and O–H groups in total. The van der Waals surface area contributed by atoms with Crippen molar-refractivity contribution in [2.75, 3.05) is 0 Å². The molecule has 1 saturated carbocycles. The molecule has 0 atom stereocenters. The van der Waals surface area contributed by atoms with E-state index in [1.165, 1.54) is 0 Å². The molecule has 1 heterocycles. The van der Waals surface area contributed by atoms with Gasteiger partial charge in [0.15, 0.2) is 0 Å². The predicted molar refractivity (Wildman–Crippen MR) is 72.6 cm³/mol. The molecule has 0 bridgehead atoms. The first kappa shape index (κ1) is 12.9. The van der Waals surface area contributed by atoms with Crippen LogP contribution in [0.5, 0.6) is 0 Å². The highest BCUT2D eigenvalue weighted by molar-refractivity contribution is 14.1. The maximum absolute atomic E-state index is 11.8. The van der Waals surface area contributed by atoms with Gasteiger partial charge in [-0.1, -0.05) is 0 Å². The summed E-state index contributed by atoms with van der Waals surface area (Å²) in [5, 5.41) is 4.26. The predicted octanol–water partition coefficient (Wildman–Crippen LogP) is 2.78. The highest BCUT2D eigenvalue weighted by atomic mass is 127. The maximum atomic E-state index is 11.8. The molecule has 1 aliphatic carbocycles. The summed E-state index contributed by atoms with van der Waals surface area (Å²) in [5.41, 5.74) is -0.386. The van der Waals surface area contributed by atoms with Crippen LogP contribution in [0.15, 0.2) is 12.4 Å². The Bertz CT molecular complexity index is 416. The Morgan fingerprint density at radius 3 is 2.65 bits per heavy atom. The first-order valence-corrected chi connectivity index (χ1v) is 6.85. The lowest BCUT2D eigenvalue weighted by molar-refractivity contribution is -0.164. The average molecular weight is 348 g/mol. The molecule has 5 heteroatoms. The number of hydrogen-bond donors (Lipinski definition) is 0. The first-order chi connectivity index (χ1) is 7.85. The van der Waals surface area contributed by atoms with E-state index in [4.69, 9.17) is 4.74 Å². The minimum atomic E-state index is -0.386. The summed E-state index contributed by atoms with van der Waals surface area (Å²) in [6, 6.07) is 0.357. The highest BCUT2D eigenvalue weighted by Gasteiger charge is 2.38. The van der Waals surface area contributed by atoms with Crippen molar-refractivity contribution in [2.24, 2.45) is 5.92 Å². The van der Waals surface area contributed by atoms with Crippen LogP contribution >= 0.6 is 22.6 Å². The van der Waals surface area contributed by atoms with E-state index < -0.39 is 0 Å². The van der Waals surface area contributed by atoms with E-state index in [9.17, 15) is 4.79 Å². The maximum Gasteiger partial charge on any atom is 0.309 e. The van der Waals surface area contributed by atoms with Crippen LogP contribution in [0, 0.1) is 9.49 Å². The van der Waals surface area contributed by atoms with E-state index in [1.807, 2.05) is 37.8 Å². The van der Waals surface area contributed by atoms with E-state index in [-0.39, 0.29) is 17.5 Å². The SMILES string of the molecule is CC(C)(C)OC(=O)[C@H]1C[C@H](n2cc(I)cn2)C1. The van der Waals surface area contributed by atoms with Gasteiger partial charge in [0, 0.05) is 6.20 Å². The summed E-state index contributed by atoms with van der Waals surface area (Å²) >= 11 is 2.24. The second-order valence-corrected chi connectivity index (χ2v) is 6.74. The van der Waals surface area contributed by atoms with Gasteiger partial charge in [-0.3, -0.25) is 9.48 Å². The molecule has 0 saturated heterocycles. The molecule has 0 spiro atoms. The van der Waals surface area contributed by atoms with Crippen molar-refractivity contribution < 1.29 is 9.53 Å². The number of rotatable bonds is 2. The van der Waals surface area contributed by atoms with Crippen molar-refractivity contribution in [1.29, 1.82) is 0 Å². The van der Waals surface area contributed by atoms with Crippen molar-refractivity contribution in [3.8, 4) is 0 Å². The molecule has 1 aromatic rings. The van der Waals surface area contributed by atoms with Crippen LogP contribution in [0.4, 0.5) is 0 Å². The molecule has 0 amide bonds. The Kier molecular flexibility index (Phi) is 3.47. The van der Waals surface area contributed by atoms with E-state index in [0.717, 1.165) is 16.4 Å². The number of aromatic nitrogens is 2. The fraction of sp³-hybridized carbons (Fsp3) is 0.667. The largest absolute Gasteiger partial charge is 0.460 e. The van der Waals surface area contributed by atoms with Gasteiger partial charge in [-0.05, 0) is 56.2 Å². The summed E-state index contributed by atoms with van der Waals surface area (Å²) in [6.45, 7) is 5.70. The van der Waals surface area contributed by atoms with Gasteiger partial charge in [-0.2, -0.15) is 5.10 Å². The number of esters is 1. The minimum Gasteiger partial charge on any atom is -0.460 e. The van der Waals surface area contributed by atoms with Gasteiger partial charge < -0.3 is 4.74 Å². The van der Waals surface area contributed by atoms with Crippen LogP contribution in [-0.4, -0.2) is 21.4 Å². The van der Waals surface area contributed by atoms with Crippen LogP contribution in [0.2, 0.25) is 0 Å². The van der Waals surface area contributed by atoms with Crippen molar-refractivity contribution in [3.63, 3.8) is 0 Å². The standard InChI is InChI=1S/C12H17IN2O2/c1-12(2,3)17-11(16)8-4-10(5-8)15-7-9(13)6-14-15/h6-8,10H,4-5H2,1-3H3/t8-,10-. The van der Waals surface area contributed by atoms with Crippen LogP contribution < -0.4 is 0 Å². The van der Waals surface area contributed by atoms with Crippen LogP contribution in [0.1, 0.15) is 39.7 Å². The van der Waals surface area contributed by atoms with Crippen molar-refractivity contribution >= 4 is 28.6 Å². The smallest absolute Gasteiger partial charge is 0.309 e. The summed E-state index contributed by atoms with van der Waals surface area (Å²) in [4.78, 5) is 11.8. The normalized spacial score (nSPS) is 24.2. The van der Waals surface area contributed by atoms with E-state index in [1.54, 1.807) is 0 Å². The number of carbonyl (C=O) groups excluding carboxylic acids is 1. The minimum absolute atomic E-state index is 0.0427. The summed E-state index contributed by atoms with van der Waals surface area (Å²) < 4.78 is 8.44. The van der Waals surface area contributed by atoms with Crippen LogP contribution in [0.3, 0.4) is 0 Å². The number of carbonyl (C=O) groups is 1. The first-order valence-electron chi connectivity index (χ1n) is 5.77. The van der Waals surface area contributed by atoms with Gasteiger partial charge in [-0.15, -0.1) is 0 Å². The average Bonchev–Trinajstić information content (AvgIpc) is 2.45. The zero-order valence-electron chi connectivity index (χ0n) is 10.3. The summed E-state index contributed by atoms with van der Waals surface area (Å²) in [5.74, 6) is -0.0308. The van der Waals surface area contributed by atoms with Gasteiger partial charge in [-0.25, -0.2) is 0 Å². The fourth-order valence-electron chi connectivity index (χ4n) is 1.90. The molecule has 1 aliphatic rings. The van der Waals surface area contributed by atoms with Gasteiger partial charge in [0.1, 0.15) is 5.60 Å². The van der Waals surface area contributed by atoms with E-state index >= 15 is 0 Å². The third-order valence-corrected chi connectivity index (χ3v) is 3.35. The second kappa shape index (κ2) is 4.59. The fourth-order valence-corrected chi connectivity index (χ4v) is 2.31. The third kappa shape index (κ3) is 3.20. The van der Waals surface area contributed by atoms with Gasteiger partial charge in [0.25, 0.3) is 0 Å². The van der Waals surface area contributed by atoms with Crippen molar-refractivity contribution in [2.45, 2.75) is 45.3 Å². The molecule has 0 aromatic carbocycles. The molecule has 2 rings (SSSR count). The molecule has 1 fully saturated rings. The number of hydrogen-bond acceptors (Lipinski definition) is 3. The van der Waals surface area contributed by atoms with Gasteiger partial charge in [0.2, 0.25) is 0 Å². The quantitative estimate of drug-likeness (QED) is 0.610. The van der Waals surface area contributed by atoms with Crippen molar-refractivity contribution in [1.82, 2.24) is 9.78 Å². The van der Waals surface area contributed by atoms with Crippen LogP contribution in [-0.2, 0) is 9.53 Å². The van der Waals surface area contributed by atoms with Gasteiger partial charge >= 0.3 is 5.97 Å². The lowest BCUT2D eigenvalue weighted by atomic mass is 9.80. The summed E-state index contributed by atoms with van der Waals surface area (Å²) in [7, 11) is 0. The number of ether oxygens (including phenoxy) is 1. The Balaban J connectivity index is 1.85. The molecular formula is C12H17IN2O2. The Labute approximate surface area is 115 Å². The van der Waals surface area contributed by atoms with Crippen LogP contribution in [0.25, 0.3) is 0 Å². The molecule has 0 unspecified atom stereocenters. The lowest BCUT2D eigenvalue weighted by Crippen LogP contribution is -2.37. The Hall–Kier alpha value is -0.590. The molecule has 17 heavy (non-hydrogen) atoms. The second-order valence-electron chi connectivity index (χ2n) is 5.49. The molecule has 1 aromatic heterocycles. The lowest BCUT2D eigenvalue weighted by Gasteiger charge is -2.35. The molecular weight excluding hydrogens is 331 g/mol. The Morgan fingerprint density at radius 2 is 2.18 bits per heavy atom. The zero-order chi connectivity index (χ0) is 12.6. The highest BCUT2D eigenvalue weighted by Crippen LogP contribution is 2.38. The zero-order valence-corrected chi connectivity index (χ0v) is 12.5. The topological polar surface area (TPSA) is 44.1 Å². The third-order valence-electron chi connectivity index (χ3n) is 2.80. The van der Waals surface area contributed by atoms with Gasteiger partial charge in [0.05, 0.1) is 21.7 Å². The molecule has 4 nitrogen and oxygen atoms in total. The molecule has 0 radical (unpaired) electrons. The Morgan fingerprint density at radius 1 is 1.53 bits per heavy atom. The number of halogens is 1. The van der Waals surface area contributed by atoms with Crippen molar-refractivity contribution in [3.05, 3.63) is 16.0 Å². The molecule has 0 aliphatic heterocycles. The van der Waals surface area contributed by atoms with E-state index in [2.05, 4.69) is 27.7 Å². The molecule has 94 valence electrons. The van der Waals surface area contributed by atoms with E-state index in [0.29, 0.717) is 6.04 Å².